The fourth-order valence-corrected chi connectivity index (χ4v) is 5.84. The standard InChI is InChI=1S/C24H36BFN2O4S/c1-15(27-33(29,30)16-9-10-16)18-13-28(14-22(2,3)4)21-12-19(20(26)11-17(18)21)25-31-23(5,6)24(7,8)32-25/h11-13,15-16,27H,9-10,14H2,1-8H3/t15-/m1/s1. The summed E-state index contributed by atoms with van der Waals surface area (Å²) in [6.07, 6.45) is 3.34. The Morgan fingerprint density at radius 1 is 1.18 bits per heavy atom. The predicted molar refractivity (Wildman–Crippen MR) is 131 cm³/mol. The predicted octanol–water partition coefficient (Wildman–Crippen LogP) is 4.27. The summed E-state index contributed by atoms with van der Waals surface area (Å²) in [5.41, 5.74) is 0.771. The van der Waals surface area contributed by atoms with Gasteiger partial charge in [-0.15, -0.1) is 0 Å². The average Bonchev–Trinajstić information content (AvgIpc) is 3.40. The van der Waals surface area contributed by atoms with E-state index in [4.69, 9.17) is 9.31 Å². The molecule has 33 heavy (non-hydrogen) atoms. The Hall–Kier alpha value is -1.42. The van der Waals surface area contributed by atoms with E-state index >= 15 is 4.39 Å². The van der Waals surface area contributed by atoms with Crippen LogP contribution in [0, 0.1) is 11.2 Å². The molecule has 1 aromatic carbocycles. The topological polar surface area (TPSA) is 69.6 Å². The van der Waals surface area contributed by atoms with Crippen LogP contribution in [-0.4, -0.2) is 36.6 Å². The molecule has 0 radical (unpaired) electrons. The lowest BCUT2D eigenvalue weighted by Crippen LogP contribution is -2.41. The van der Waals surface area contributed by atoms with Crippen LogP contribution in [0.15, 0.2) is 18.3 Å². The van der Waals surface area contributed by atoms with Crippen molar-refractivity contribution in [1.29, 1.82) is 0 Å². The van der Waals surface area contributed by atoms with E-state index in [1.54, 1.807) is 6.07 Å². The van der Waals surface area contributed by atoms with Gasteiger partial charge in [0.15, 0.2) is 0 Å². The summed E-state index contributed by atoms with van der Waals surface area (Å²) >= 11 is 0. The number of hydrogen-bond acceptors (Lipinski definition) is 4. The highest BCUT2D eigenvalue weighted by Gasteiger charge is 2.52. The van der Waals surface area contributed by atoms with Crippen molar-refractivity contribution in [3.8, 4) is 0 Å². The molecule has 182 valence electrons. The normalized spacial score (nSPS) is 21.7. The maximum atomic E-state index is 15.4. The third kappa shape index (κ3) is 4.74. The molecule has 4 rings (SSSR count). The summed E-state index contributed by atoms with van der Waals surface area (Å²) < 4.78 is 57.6. The van der Waals surface area contributed by atoms with Crippen molar-refractivity contribution >= 4 is 33.5 Å². The molecule has 2 aliphatic rings. The number of aromatic nitrogens is 1. The first-order chi connectivity index (χ1) is 15.0. The van der Waals surface area contributed by atoms with Gasteiger partial charge in [0.2, 0.25) is 10.0 Å². The fraction of sp³-hybridized carbons (Fsp3) is 0.667. The molecule has 1 aromatic heterocycles. The summed E-state index contributed by atoms with van der Waals surface area (Å²) in [6, 6.07) is 2.82. The molecule has 0 bridgehead atoms. The van der Waals surface area contributed by atoms with Gasteiger partial charge in [-0.1, -0.05) is 20.8 Å². The van der Waals surface area contributed by atoms with Crippen LogP contribution in [0.5, 0.6) is 0 Å². The Morgan fingerprint density at radius 3 is 2.27 bits per heavy atom. The van der Waals surface area contributed by atoms with Gasteiger partial charge in [-0.05, 0) is 70.6 Å². The lowest BCUT2D eigenvalue weighted by molar-refractivity contribution is 0.00578. The maximum Gasteiger partial charge on any atom is 0.497 e. The molecule has 1 aliphatic heterocycles. The molecular weight excluding hydrogens is 442 g/mol. The van der Waals surface area contributed by atoms with Gasteiger partial charge in [-0.3, -0.25) is 0 Å². The summed E-state index contributed by atoms with van der Waals surface area (Å²) in [5, 5.41) is 0.387. The largest absolute Gasteiger partial charge is 0.497 e. The van der Waals surface area contributed by atoms with E-state index in [9.17, 15) is 8.42 Å². The molecule has 2 fully saturated rings. The Labute approximate surface area is 197 Å². The van der Waals surface area contributed by atoms with Crippen molar-refractivity contribution in [1.82, 2.24) is 9.29 Å². The summed E-state index contributed by atoms with van der Waals surface area (Å²) in [5.74, 6) is -0.423. The van der Waals surface area contributed by atoms with Gasteiger partial charge in [0.1, 0.15) is 5.82 Å². The van der Waals surface area contributed by atoms with Crippen molar-refractivity contribution in [2.75, 3.05) is 0 Å². The number of halogens is 1. The first-order valence-electron chi connectivity index (χ1n) is 11.7. The van der Waals surface area contributed by atoms with Crippen LogP contribution in [0.25, 0.3) is 10.9 Å². The molecule has 1 aliphatic carbocycles. The van der Waals surface area contributed by atoms with Gasteiger partial charge >= 0.3 is 7.12 Å². The van der Waals surface area contributed by atoms with Crippen molar-refractivity contribution in [3.63, 3.8) is 0 Å². The molecule has 1 saturated carbocycles. The van der Waals surface area contributed by atoms with E-state index < -0.39 is 40.2 Å². The lowest BCUT2D eigenvalue weighted by Gasteiger charge is -2.32. The lowest BCUT2D eigenvalue weighted by atomic mass is 9.78. The van der Waals surface area contributed by atoms with Gasteiger partial charge in [-0.25, -0.2) is 17.5 Å². The van der Waals surface area contributed by atoms with E-state index in [-0.39, 0.29) is 10.7 Å². The Balaban J connectivity index is 1.79. The quantitative estimate of drug-likeness (QED) is 0.630. The molecule has 2 aromatic rings. The second kappa shape index (κ2) is 7.80. The Kier molecular flexibility index (Phi) is 5.84. The van der Waals surface area contributed by atoms with Crippen molar-refractivity contribution < 1.29 is 22.1 Å². The van der Waals surface area contributed by atoms with Crippen LogP contribution in [0.3, 0.4) is 0 Å². The molecule has 1 N–H and O–H groups in total. The number of hydrogen-bond donors (Lipinski definition) is 1. The molecule has 0 spiro atoms. The monoisotopic (exact) mass is 478 g/mol. The zero-order chi connectivity index (χ0) is 24.6. The van der Waals surface area contributed by atoms with Gasteiger partial charge in [0.05, 0.1) is 16.5 Å². The Morgan fingerprint density at radius 2 is 1.76 bits per heavy atom. The van der Waals surface area contributed by atoms with E-state index in [0.29, 0.717) is 30.2 Å². The zero-order valence-corrected chi connectivity index (χ0v) is 21.8. The molecule has 2 heterocycles. The Bertz CT molecular complexity index is 1160. The minimum absolute atomic E-state index is 0.0289. The van der Waals surface area contributed by atoms with Crippen molar-refractivity contribution in [2.24, 2.45) is 5.41 Å². The second-order valence-electron chi connectivity index (χ2n) is 11.8. The van der Waals surface area contributed by atoms with Gasteiger partial charge in [-0.2, -0.15) is 0 Å². The number of nitrogens with zero attached hydrogens (tertiary/aromatic N) is 1. The highest BCUT2D eigenvalue weighted by molar-refractivity contribution is 7.90. The number of rotatable bonds is 6. The number of fused-ring (bicyclic) bond motifs is 1. The van der Waals surface area contributed by atoms with Crippen molar-refractivity contribution in [2.45, 2.75) is 97.3 Å². The molecule has 0 unspecified atom stereocenters. The highest BCUT2D eigenvalue weighted by atomic mass is 32.2. The van der Waals surface area contributed by atoms with E-state index in [0.717, 1.165) is 11.1 Å². The summed E-state index contributed by atoms with van der Waals surface area (Å²) in [6.45, 7) is 16.7. The van der Waals surface area contributed by atoms with E-state index in [1.165, 1.54) is 6.07 Å². The van der Waals surface area contributed by atoms with Crippen molar-refractivity contribution in [3.05, 3.63) is 29.7 Å². The average molecular weight is 478 g/mol. The van der Waals surface area contributed by atoms with E-state index in [1.807, 2.05) is 40.8 Å². The maximum absolute atomic E-state index is 15.4. The summed E-state index contributed by atoms with van der Waals surface area (Å²) in [4.78, 5) is 0. The number of nitrogens with one attached hydrogen (secondary N) is 1. The van der Waals surface area contributed by atoms with Gasteiger partial charge < -0.3 is 13.9 Å². The van der Waals surface area contributed by atoms with Crippen LogP contribution in [0.4, 0.5) is 4.39 Å². The van der Waals surface area contributed by atoms with Gasteiger partial charge in [0.25, 0.3) is 0 Å². The molecule has 0 amide bonds. The molecular formula is C24H36BFN2O4S. The number of sulfonamides is 1. The highest BCUT2D eigenvalue weighted by Crippen LogP contribution is 2.38. The second-order valence-corrected chi connectivity index (χ2v) is 13.8. The first kappa shape index (κ1) is 24.7. The van der Waals surface area contributed by atoms with Crippen LogP contribution >= 0.6 is 0 Å². The molecule has 6 nitrogen and oxygen atoms in total. The third-order valence-electron chi connectivity index (χ3n) is 6.95. The molecule has 1 saturated heterocycles. The van der Waals surface area contributed by atoms with E-state index in [2.05, 4.69) is 30.1 Å². The van der Waals surface area contributed by atoms with Gasteiger partial charge in [0, 0.05) is 35.1 Å². The minimum atomic E-state index is -3.38. The van der Waals surface area contributed by atoms with Crippen LogP contribution < -0.4 is 10.2 Å². The zero-order valence-electron chi connectivity index (χ0n) is 21.0. The smallest absolute Gasteiger partial charge is 0.399 e. The SMILES string of the molecule is C[C@@H](NS(=O)(=O)C1CC1)c1cn(CC(C)(C)C)c2cc(B3OC(C)(C)C(C)(C)O3)c(F)cc12. The first-order valence-corrected chi connectivity index (χ1v) is 13.2. The molecule has 1 atom stereocenters. The minimum Gasteiger partial charge on any atom is -0.399 e. The fourth-order valence-electron chi connectivity index (χ4n) is 4.28. The van der Waals surface area contributed by atoms with Crippen LogP contribution in [0.2, 0.25) is 0 Å². The van der Waals surface area contributed by atoms with Crippen LogP contribution in [-0.2, 0) is 25.9 Å². The summed E-state index contributed by atoms with van der Waals surface area (Å²) in [7, 11) is -4.19. The molecule has 9 heteroatoms. The third-order valence-corrected chi connectivity index (χ3v) is 8.98. The number of benzene rings is 1. The van der Waals surface area contributed by atoms with Crippen LogP contribution in [0.1, 0.15) is 79.8 Å².